The summed E-state index contributed by atoms with van der Waals surface area (Å²) in [5.41, 5.74) is 5.47. The van der Waals surface area contributed by atoms with Crippen LogP contribution in [0.15, 0.2) is 83.5 Å². The molecule has 2 heterocycles. The number of rotatable bonds is 4. The van der Waals surface area contributed by atoms with Gasteiger partial charge >= 0.3 is 0 Å². The first-order valence-corrected chi connectivity index (χ1v) is 12.1. The first kappa shape index (κ1) is 20.3. The fraction of sp³-hybridized carbons (Fsp3) is 0.200. The van der Waals surface area contributed by atoms with Gasteiger partial charge in [-0.1, -0.05) is 65.8 Å². The van der Waals surface area contributed by atoms with Gasteiger partial charge in [-0.15, -0.1) is 0 Å². The number of aromatic nitrogens is 2. The van der Waals surface area contributed by atoms with Crippen LogP contribution in [0.4, 0.5) is 0 Å². The van der Waals surface area contributed by atoms with Gasteiger partial charge < -0.3 is 13.8 Å². The highest BCUT2D eigenvalue weighted by atomic mass is 16.5. The molecule has 0 bridgehead atoms. The van der Waals surface area contributed by atoms with Crippen LogP contribution in [-0.2, 0) is 25.5 Å². The van der Waals surface area contributed by atoms with Crippen LogP contribution in [0.5, 0.6) is 5.75 Å². The third-order valence-electron chi connectivity index (χ3n) is 7.63. The maximum Gasteiger partial charge on any atom is 0.178 e. The SMILES string of the molecule is Cn1cc(C23CCCc4onc(c42)-c2c(OCc4ccccc4)cccc2C3=O)c2ccccc21. The molecule has 0 saturated heterocycles. The van der Waals surface area contributed by atoms with Crippen molar-refractivity contribution in [2.75, 3.05) is 0 Å². The van der Waals surface area contributed by atoms with E-state index in [0.717, 1.165) is 63.9 Å². The zero-order valence-electron chi connectivity index (χ0n) is 19.5. The van der Waals surface area contributed by atoms with Crippen LogP contribution in [0.25, 0.3) is 22.2 Å². The van der Waals surface area contributed by atoms with Gasteiger partial charge in [-0.25, -0.2) is 0 Å². The van der Waals surface area contributed by atoms with Crippen molar-refractivity contribution in [2.24, 2.45) is 7.05 Å². The summed E-state index contributed by atoms with van der Waals surface area (Å²) < 4.78 is 14.3. The van der Waals surface area contributed by atoms with E-state index in [4.69, 9.17) is 9.26 Å². The molecule has 7 rings (SSSR count). The number of aryl methyl sites for hydroxylation is 2. The van der Waals surface area contributed by atoms with E-state index in [1.807, 2.05) is 67.7 Å². The lowest BCUT2D eigenvalue weighted by Gasteiger charge is -2.39. The van der Waals surface area contributed by atoms with Crippen LogP contribution >= 0.6 is 0 Å². The van der Waals surface area contributed by atoms with Gasteiger partial charge in [0.05, 0.1) is 11.0 Å². The van der Waals surface area contributed by atoms with Crippen LogP contribution in [-0.4, -0.2) is 15.5 Å². The number of nitrogens with zero attached hydrogens (tertiary/aromatic N) is 2. The molecule has 0 aliphatic heterocycles. The molecule has 0 saturated carbocycles. The van der Waals surface area contributed by atoms with Crippen molar-refractivity contribution < 1.29 is 14.1 Å². The largest absolute Gasteiger partial charge is 0.488 e. The zero-order chi connectivity index (χ0) is 23.6. The van der Waals surface area contributed by atoms with E-state index in [1.54, 1.807) is 0 Å². The predicted molar refractivity (Wildman–Crippen MR) is 134 cm³/mol. The molecular weight excluding hydrogens is 436 g/mol. The molecule has 2 aromatic heterocycles. The highest BCUT2D eigenvalue weighted by Gasteiger charge is 2.54. The molecule has 0 N–H and O–H groups in total. The predicted octanol–water partition coefficient (Wildman–Crippen LogP) is 6.23. The maximum absolute atomic E-state index is 14.6. The fourth-order valence-corrected chi connectivity index (χ4v) is 6.10. The van der Waals surface area contributed by atoms with Crippen molar-refractivity contribution in [3.05, 3.63) is 107 Å². The number of Topliss-reactive ketones (excluding diaryl/α,β-unsaturated/α-hetero) is 1. The fourth-order valence-electron chi connectivity index (χ4n) is 6.10. The molecule has 35 heavy (non-hydrogen) atoms. The Morgan fingerprint density at radius 3 is 2.74 bits per heavy atom. The molecule has 5 aromatic rings. The minimum atomic E-state index is -0.811. The van der Waals surface area contributed by atoms with Crippen LogP contribution in [0.3, 0.4) is 0 Å². The molecule has 0 spiro atoms. The van der Waals surface area contributed by atoms with Crippen molar-refractivity contribution >= 4 is 16.7 Å². The normalized spacial score (nSPS) is 18.4. The molecule has 2 aliphatic carbocycles. The Kier molecular flexibility index (Phi) is 4.31. The second kappa shape index (κ2) is 7.44. The number of hydrogen-bond donors (Lipinski definition) is 0. The average molecular weight is 461 g/mol. The zero-order valence-corrected chi connectivity index (χ0v) is 19.5. The van der Waals surface area contributed by atoms with E-state index in [-0.39, 0.29) is 5.78 Å². The van der Waals surface area contributed by atoms with Crippen LogP contribution in [0.1, 0.15) is 45.7 Å². The lowest BCUT2D eigenvalue weighted by molar-refractivity contribution is 0.0893. The van der Waals surface area contributed by atoms with Crippen LogP contribution in [0, 0.1) is 0 Å². The Morgan fingerprint density at radius 2 is 1.86 bits per heavy atom. The number of ketones is 1. The molecule has 5 heteroatoms. The number of para-hydroxylation sites is 1. The van der Waals surface area contributed by atoms with Gasteiger partial charge in [0.2, 0.25) is 0 Å². The van der Waals surface area contributed by atoms with E-state index in [2.05, 4.69) is 28.1 Å². The third-order valence-corrected chi connectivity index (χ3v) is 7.63. The van der Waals surface area contributed by atoms with E-state index in [9.17, 15) is 4.79 Å². The lowest BCUT2D eigenvalue weighted by atomic mass is 9.60. The van der Waals surface area contributed by atoms with Gasteiger partial charge in [0.1, 0.15) is 23.8 Å². The van der Waals surface area contributed by atoms with E-state index >= 15 is 0 Å². The van der Waals surface area contributed by atoms with Crippen molar-refractivity contribution in [1.29, 1.82) is 0 Å². The summed E-state index contributed by atoms with van der Waals surface area (Å²) in [6, 6.07) is 24.1. The Morgan fingerprint density at radius 1 is 1.03 bits per heavy atom. The average Bonchev–Trinajstić information content (AvgIpc) is 3.49. The summed E-state index contributed by atoms with van der Waals surface area (Å²) in [6.07, 6.45) is 4.51. The molecule has 0 fully saturated rings. The highest BCUT2D eigenvalue weighted by molar-refractivity contribution is 6.17. The number of ether oxygens (including phenoxy) is 1. The summed E-state index contributed by atoms with van der Waals surface area (Å²) in [6.45, 7) is 0.417. The first-order chi connectivity index (χ1) is 17.2. The number of benzene rings is 3. The molecule has 1 atom stereocenters. The lowest BCUT2D eigenvalue weighted by Crippen LogP contribution is -2.42. The second-order valence-electron chi connectivity index (χ2n) is 9.54. The van der Waals surface area contributed by atoms with Crippen LogP contribution < -0.4 is 4.74 Å². The monoisotopic (exact) mass is 460 g/mol. The summed E-state index contributed by atoms with van der Waals surface area (Å²) in [5.74, 6) is 1.58. The maximum atomic E-state index is 14.6. The van der Waals surface area contributed by atoms with Crippen LogP contribution in [0.2, 0.25) is 0 Å². The standard InChI is InChI=1S/C30H24N2O3/c1-32-17-22(20-11-5-6-13-23(20)32)30-16-8-15-25-27(30)28(31-35-25)26-21(29(30)33)12-7-14-24(26)34-18-19-9-3-2-4-10-19/h2-7,9-14,17H,8,15-16,18H2,1H3. The molecule has 2 aliphatic rings. The Labute approximate surface area is 202 Å². The summed E-state index contributed by atoms with van der Waals surface area (Å²) in [7, 11) is 2.04. The molecule has 0 amide bonds. The van der Waals surface area contributed by atoms with Gasteiger partial charge in [-0.2, -0.15) is 0 Å². The van der Waals surface area contributed by atoms with Gasteiger partial charge in [0.25, 0.3) is 0 Å². The topological polar surface area (TPSA) is 57.3 Å². The molecule has 0 radical (unpaired) electrons. The summed E-state index contributed by atoms with van der Waals surface area (Å²) in [4.78, 5) is 14.6. The Bertz CT molecular complexity index is 1610. The van der Waals surface area contributed by atoms with Gasteiger partial charge in [-0.05, 0) is 36.1 Å². The van der Waals surface area contributed by atoms with Crippen molar-refractivity contribution in [3.63, 3.8) is 0 Å². The van der Waals surface area contributed by atoms with Gasteiger partial charge in [0, 0.05) is 41.7 Å². The van der Waals surface area contributed by atoms with Gasteiger partial charge in [0.15, 0.2) is 5.78 Å². The van der Waals surface area contributed by atoms with Gasteiger partial charge in [-0.3, -0.25) is 4.79 Å². The van der Waals surface area contributed by atoms with E-state index < -0.39 is 5.41 Å². The first-order valence-electron chi connectivity index (χ1n) is 12.1. The van der Waals surface area contributed by atoms with E-state index in [0.29, 0.717) is 17.9 Å². The number of carbonyl (C=O) groups excluding carboxylic acids is 1. The second-order valence-corrected chi connectivity index (χ2v) is 9.54. The number of fused-ring (bicyclic) bond motifs is 3. The summed E-state index contributed by atoms with van der Waals surface area (Å²) >= 11 is 0. The quantitative estimate of drug-likeness (QED) is 0.319. The molecule has 3 aromatic carbocycles. The molecule has 5 nitrogen and oxygen atoms in total. The van der Waals surface area contributed by atoms with Crippen molar-refractivity contribution in [2.45, 2.75) is 31.3 Å². The summed E-state index contributed by atoms with van der Waals surface area (Å²) in [5, 5.41) is 5.65. The molecule has 1 unspecified atom stereocenters. The number of hydrogen-bond acceptors (Lipinski definition) is 4. The molecular formula is C30H24N2O3. The third kappa shape index (κ3) is 2.75. The molecule has 172 valence electrons. The van der Waals surface area contributed by atoms with Crippen molar-refractivity contribution in [3.8, 4) is 17.0 Å². The highest BCUT2D eigenvalue weighted by Crippen LogP contribution is 2.56. The smallest absolute Gasteiger partial charge is 0.178 e. The van der Waals surface area contributed by atoms with E-state index in [1.165, 1.54) is 0 Å². The number of carbonyl (C=O) groups is 1. The Balaban J connectivity index is 1.45. The van der Waals surface area contributed by atoms with Crippen molar-refractivity contribution in [1.82, 2.24) is 9.72 Å². The minimum absolute atomic E-state index is 0.102. The Hall–Kier alpha value is -4.12. The minimum Gasteiger partial charge on any atom is -0.488 e.